The summed E-state index contributed by atoms with van der Waals surface area (Å²) in [6.07, 6.45) is -0.691. The first-order valence-electron chi connectivity index (χ1n) is 10.7. The predicted molar refractivity (Wildman–Crippen MR) is 127 cm³/mol. The Morgan fingerprint density at radius 3 is 1.91 bits per heavy atom. The van der Waals surface area contributed by atoms with Gasteiger partial charge < -0.3 is 4.74 Å². The number of ether oxygens (including phenoxy) is 1. The summed E-state index contributed by atoms with van der Waals surface area (Å²) in [5.41, 5.74) is 2.83. The molecule has 1 aliphatic heterocycles. The molecule has 0 aromatic heterocycles. The minimum atomic E-state index is -3.99. The van der Waals surface area contributed by atoms with E-state index in [1.807, 2.05) is 44.2 Å². The number of sulfone groups is 1. The number of hydrogen-bond acceptors (Lipinski definition) is 5. The third-order valence-electron chi connectivity index (χ3n) is 5.78. The molecule has 3 aromatic rings. The van der Waals surface area contributed by atoms with Crippen LogP contribution in [0.3, 0.4) is 0 Å². The molecule has 0 amide bonds. The van der Waals surface area contributed by atoms with E-state index < -0.39 is 37.9 Å². The van der Waals surface area contributed by atoms with Crippen molar-refractivity contribution in [3.05, 3.63) is 95.6 Å². The summed E-state index contributed by atoms with van der Waals surface area (Å²) in [6.45, 7) is 3.87. The molecule has 6 nitrogen and oxygen atoms in total. The Morgan fingerprint density at radius 2 is 1.33 bits per heavy atom. The Bertz CT molecular complexity index is 1300. The van der Waals surface area contributed by atoms with Gasteiger partial charge >= 0.3 is 0 Å². The Balaban J connectivity index is 1.69. The zero-order chi connectivity index (χ0) is 23.6. The lowest BCUT2D eigenvalue weighted by molar-refractivity contribution is 0.0869. The molecule has 1 saturated heterocycles. The van der Waals surface area contributed by atoms with E-state index in [0.29, 0.717) is 6.42 Å². The van der Waals surface area contributed by atoms with Gasteiger partial charge in [-0.1, -0.05) is 65.7 Å². The maximum Gasteiger partial charge on any atom is 0.245 e. The summed E-state index contributed by atoms with van der Waals surface area (Å²) in [5.74, 6) is -0.452. The summed E-state index contributed by atoms with van der Waals surface area (Å²) < 4.78 is 60.7. The summed E-state index contributed by atoms with van der Waals surface area (Å²) in [4.78, 5) is 0.269. The van der Waals surface area contributed by atoms with Gasteiger partial charge in [-0.15, -0.1) is 0 Å². The lowest BCUT2D eigenvalue weighted by atomic mass is 10.1. The van der Waals surface area contributed by atoms with Crippen LogP contribution in [0.15, 0.2) is 88.7 Å². The number of nitrogens with zero attached hydrogens (tertiary/aromatic N) is 1. The highest BCUT2D eigenvalue weighted by Gasteiger charge is 2.45. The van der Waals surface area contributed by atoms with Crippen LogP contribution in [-0.4, -0.2) is 45.8 Å². The lowest BCUT2D eigenvalue weighted by Crippen LogP contribution is -2.45. The standard InChI is InChI=1S/C25H27NO5S2/c1-19-8-12-23(13-9-19)32(27,28)18-25-26(33(29,30)24-14-10-20(2)11-15-24)22(17-31-25)16-21-6-4-3-5-7-21/h3-15,22,25H,16-18H2,1-2H3/t22-,25-/m0/s1. The molecular formula is C25H27NO5S2. The van der Waals surface area contributed by atoms with Crippen molar-refractivity contribution in [3.63, 3.8) is 0 Å². The minimum Gasteiger partial charge on any atom is -0.359 e. The van der Waals surface area contributed by atoms with Crippen LogP contribution in [0.25, 0.3) is 0 Å². The van der Waals surface area contributed by atoms with E-state index in [1.54, 1.807) is 48.5 Å². The fourth-order valence-corrected chi connectivity index (χ4v) is 7.14. The highest BCUT2D eigenvalue weighted by atomic mass is 32.2. The first kappa shape index (κ1) is 23.6. The maximum absolute atomic E-state index is 13.7. The van der Waals surface area contributed by atoms with Crippen molar-refractivity contribution in [3.8, 4) is 0 Å². The fraction of sp³-hybridized carbons (Fsp3) is 0.280. The van der Waals surface area contributed by atoms with Crippen LogP contribution in [-0.2, 0) is 31.0 Å². The van der Waals surface area contributed by atoms with Crippen LogP contribution < -0.4 is 0 Å². The third-order valence-corrected chi connectivity index (χ3v) is 9.45. The SMILES string of the molecule is Cc1ccc(S(=O)(=O)C[C@@H]2OC[C@H](Cc3ccccc3)N2S(=O)(=O)c2ccc(C)cc2)cc1. The van der Waals surface area contributed by atoms with E-state index in [4.69, 9.17) is 4.74 Å². The van der Waals surface area contributed by atoms with Gasteiger partial charge in [-0.3, -0.25) is 0 Å². The number of sulfonamides is 1. The van der Waals surface area contributed by atoms with Crippen LogP contribution in [0.5, 0.6) is 0 Å². The summed E-state index contributed by atoms with van der Waals surface area (Å²) in [7, 11) is -7.76. The molecule has 3 aromatic carbocycles. The average Bonchev–Trinajstić information content (AvgIpc) is 3.17. The van der Waals surface area contributed by atoms with E-state index in [2.05, 4.69) is 0 Å². The highest BCUT2D eigenvalue weighted by Crippen LogP contribution is 2.30. The molecule has 1 heterocycles. The van der Waals surface area contributed by atoms with Crippen LogP contribution in [0.2, 0.25) is 0 Å². The van der Waals surface area contributed by atoms with Gasteiger partial charge in [0, 0.05) is 0 Å². The monoisotopic (exact) mass is 485 g/mol. The van der Waals surface area contributed by atoms with Crippen LogP contribution in [0, 0.1) is 13.8 Å². The largest absolute Gasteiger partial charge is 0.359 e. The minimum absolute atomic E-state index is 0.119. The second-order valence-electron chi connectivity index (χ2n) is 8.37. The Labute approximate surface area is 195 Å². The van der Waals surface area contributed by atoms with Crippen molar-refractivity contribution in [2.45, 2.75) is 42.3 Å². The van der Waals surface area contributed by atoms with E-state index in [-0.39, 0.29) is 16.4 Å². The summed E-state index contributed by atoms with van der Waals surface area (Å²) in [5, 5.41) is 0. The molecule has 0 saturated carbocycles. The predicted octanol–water partition coefficient (Wildman–Crippen LogP) is 3.74. The maximum atomic E-state index is 13.7. The van der Waals surface area contributed by atoms with Crippen molar-refractivity contribution in [2.24, 2.45) is 0 Å². The van der Waals surface area contributed by atoms with E-state index in [0.717, 1.165) is 16.7 Å². The van der Waals surface area contributed by atoms with Gasteiger partial charge in [0.05, 0.1) is 28.2 Å². The second-order valence-corrected chi connectivity index (χ2v) is 12.3. The second kappa shape index (κ2) is 9.38. The number of hydrogen-bond donors (Lipinski definition) is 0. The number of aryl methyl sites for hydroxylation is 2. The van der Waals surface area contributed by atoms with E-state index >= 15 is 0 Å². The zero-order valence-electron chi connectivity index (χ0n) is 18.6. The van der Waals surface area contributed by atoms with Gasteiger partial charge in [-0.2, -0.15) is 4.31 Å². The molecule has 0 radical (unpaired) electrons. The molecule has 0 bridgehead atoms. The average molecular weight is 486 g/mol. The summed E-state index contributed by atoms with van der Waals surface area (Å²) in [6, 6.07) is 22.1. The first-order valence-corrected chi connectivity index (χ1v) is 13.8. The third kappa shape index (κ3) is 5.19. The van der Waals surface area contributed by atoms with Crippen LogP contribution in [0.4, 0.5) is 0 Å². The molecule has 8 heteroatoms. The molecule has 0 unspecified atom stereocenters. The van der Waals surface area contributed by atoms with Crippen LogP contribution in [0.1, 0.15) is 16.7 Å². The van der Waals surface area contributed by atoms with E-state index in [1.165, 1.54) is 4.31 Å². The molecule has 4 rings (SSSR count). The summed E-state index contributed by atoms with van der Waals surface area (Å²) >= 11 is 0. The quantitative estimate of drug-likeness (QED) is 0.509. The van der Waals surface area contributed by atoms with Gasteiger partial charge in [-0.05, 0) is 50.1 Å². The highest BCUT2D eigenvalue weighted by molar-refractivity contribution is 7.91. The Hall–Kier alpha value is -2.52. The molecule has 1 fully saturated rings. The lowest BCUT2D eigenvalue weighted by Gasteiger charge is -2.27. The van der Waals surface area contributed by atoms with E-state index in [9.17, 15) is 16.8 Å². The molecule has 33 heavy (non-hydrogen) atoms. The van der Waals surface area contributed by atoms with Gasteiger partial charge in [0.15, 0.2) is 9.84 Å². The number of benzene rings is 3. The zero-order valence-corrected chi connectivity index (χ0v) is 20.2. The first-order chi connectivity index (χ1) is 15.7. The molecule has 0 aliphatic carbocycles. The molecule has 174 valence electrons. The molecule has 1 aliphatic rings. The molecule has 0 spiro atoms. The normalized spacial score (nSPS) is 19.6. The number of rotatable bonds is 7. The molecule has 2 atom stereocenters. The Morgan fingerprint density at radius 1 is 0.788 bits per heavy atom. The topological polar surface area (TPSA) is 80.8 Å². The van der Waals surface area contributed by atoms with Crippen molar-refractivity contribution >= 4 is 19.9 Å². The smallest absolute Gasteiger partial charge is 0.245 e. The van der Waals surface area contributed by atoms with Gasteiger partial charge in [0.2, 0.25) is 10.0 Å². The fourth-order valence-electron chi connectivity index (χ4n) is 3.97. The van der Waals surface area contributed by atoms with Gasteiger partial charge in [-0.25, -0.2) is 16.8 Å². The van der Waals surface area contributed by atoms with Gasteiger partial charge in [0.25, 0.3) is 0 Å². The van der Waals surface area contributed by atoms with Crippen molar-refractivity contribution in [2.75, 3.05) is 12.4 Å². The molecule has 0 N–H and O–H groups in total. The van der Waals surface area contributed by atoms with Crippen molar-refractivity contribution in [1.29, 1.82) is 0 Å². The van der Waals surface area contributed by atoms with Crippen molar-refractivity contribution in [1.82, 2.24) is 4.31 Å². The van der Waals surface area contributed by atoms with Crippen LogP contribution >= 0.6 is 0 Å². The molecular weight excluding hydrogens is 458 g/mol. The van der Waals surface area contributed by atoms with Gasteiger partial charge in [0.1, 0.15) is 6.23 Å². The van der Waals surface area contributed by atoms with Crippen molar-refractivity contribution < 1.29 is 21.6 Å². The Kier molecular flexibility index (Phi) is 6.72.